The fourth-order valence-electron chi connectivity index (χ4n) is 4.07. The minimum Gasteiger partial charge on any atom is -0.295 e. The molecule has 4 aliphatic carbocycles. The molecule has 4 rings (SSSR count). The van der Waals surface area contributed by atoms with Crippen molar-refractivity contribution in [3.05, 3.63) is 24.3 Å². The molecule has 0 aromatic rings. The summed E-state index contributed by atoms with van der Waals surface area (Å²) in [6.07, 6.45) is 8.47. The smallest absolute Gasteiger partial charge is 0.160 e. The Morgan fingerprint density at radius 3 is 2.64 bits per heavy atom. The van der Waals surface area contributed by atoms with Crippen molar-refractivity contribution in [3.63, 3.8) is 0 Å². The lowest BCUT2D eigenvalue weighted by atomic mass is 9.28. The lowest BCUT2D eigenvalue weighted by molar-refractivity contribution is -0.210. The van der Waals surface area contributed by atoms with Crippen molar-refractivity contribution in [2.24, 2.45) is 29.1 Å². The predicted octanol–water partition coefficient (Wildman–Crippen LogP) is 1.13. The summed E-state index contributed by atoms with van der Waals surface area (Å²) in [6.45, 7) is 0. The van der Waals surface area contributed by atoms with Crippen LogP contribution in [0.1, 0.15) is 6.42 Å². The second kappa shape index (κ2) is 1.79. The van der Waals surface area contributed by atoms with E-state index < -0.39 is 0 Å². The topological polar surface area (TPSA) is 34.1 Å². The van der Waals surface area contributed by atoms with Gasteiger partial charge in [0, 0.05) is 17.3 Å². The number of hydrogen-bond donors (Lipinski definition) is 0. The number of fused-ring (bicyclic) bond motifs is 2. The molecule has 0 aromatic carbocycles. The van der Waals surface area contributed by atoms with E-state index in [-0.39, 0.29) is 28.8 Å². The Bertz CT molecular complexity index is 432. The summed E-state index contributed by atoms with van der Waals surface area (Å²) in [6, 6.07) is 0. The molecular formula is C12H10O2. The van der Waals surface area contributed by atoms with E-state index in [0.29, 0.717) is 11.8 Å². The molecule has 0 saturated heterocycles. The Morgan fingerprint density at radius 1 is 1.21 bits per heavy atom. The normalized spacial score (nSPS) is 56.3. The summed E-state index contributed by atoms with van der Waals surface area (Å²) in [5, 5.41) is 0. The summed E-state index contributed by atoms with van der Waals surface area (Å²) in [4.78, 5) is 23.3. The third kappa shape index (κ3) is 0.456. The van der Waals surface area contributed by atoms with Crippen LogP contribution in [0.4, 0.5) is 0 Å². The second-order valence-corrected chi connectivity index (χ2v) is 4.95. The van der Waals surface area contributed by atoms with Gasteiger partial charge in [-0.3, -0.25) is 9.59 Å². The average molecular weight is 186 g/mol. The van der Waals surface area contributed by atoms with Crippen LogP contribution in [0.15, 0.2) is 24.3 Å². The van der Waals surface area contributed by atoms with Crippen LogP contribution in [-0.2, 0) is 9.59 Å². The highest BCUT2D eigenvalue weighted by Gasteiger charge is 2.76. The van der Waals surface area contributed by atoms with Gasteiger partial charge in [-0.25, -0.2) is 0 Å². The molecule has 0 heterocycles. The molecule has 2 fully saturated rings. The van der Waals surface area contributed by atoms with E-state index in [9.17, 15) is 9.59 Å². The predicted molar refractivity (Wildman–Crippen MR) is 49.3 cm³/mol. The molecule has 0 unspecified atom stereocenters. The number of ketones is 2. The number of rotatable bonds is 0. The monoisotopic (exact) mass is 186 g/mol. The van der Waals surface area contributed by atoms with Gasteiger partial charge in [-0.15, -0.1) is 0 Å². The van der Waals surface area contributed by atoms with Crippen LogP contribution in [0.5, 0.6) is 0 Å². The maximum absolute atomic E-state index is 11.7. The lowest BCUT2D eigenvalue weighted by Crippen LogP contribution is -2.74. The molecular weight excluding hydrogens is 176 g/mol. The maximum Gasteiger partial charge on any atom is 0.160 e. The van der Waals surface area contributed by atoms with Gasteiger partial charge < -0.3 is 0 Å². The van der Waals surface area contributed by atoms with Gasteiger partial charge in [0.05, 0.1) is 0 Å². The molecule has 1 spiro atoms. The third-order valence-corrected chi connectivity index (χ3v) is 4.79. The van der Waals surface area contributed by atoms with Crippen LogP contribution in [0.25, 0.3) is 0 Å². The molecule has 0 aromatic heterocycles. The van der Waals surface area contributed by atoms with E-state index in [1.54, 1.807) is 0 Å². The van der Waals surface area contributed by atoms with E-state index in [1.807, 2.05) is 0 Å². The van der Waals surface area contributed by atoms with Crippen LogP contribution >= 0.6 is 0 Å². The zero-order valence-electron chi connectivity index (χ0n) is 7.64. The molecule has 2 nitrogen and oxygen atoms in total. The van der Waals surface area contributed by atoms with Gasteiger partial charge in [0.2, 0.25) is 0 Å². The fourth-order valence-corrected chi connectivity index (χ4v) is 4.07. The zero-order chi connectivity index (χ0) is 9.50. The summed E-state index contributed by atoms with van der Waals surface area (Å²) >= 11 is 0. The van der Waals surface area contributed by atoms with Crippen molar-refractivity contribution in [1.29, 1.82) is 0 Å². The van der Waals surface area contributed by atoms with Gasteiger partial charge in [0.1, 0.15) is 0 Å². The average Bonchev–Trinajstić information content (AvgIpc) is 2.10. The first-order valence-electron chi connectivity index (χ1n) is 5.20. The Labute approximate surface area is 81.7 Å². The van der Waals surface area contributed by atoms with E-state index in [1.165, 1.54) is 12.2 Å². The second-order valence-electron chi connectivity index (χ2n) is 4.95. The van der Waals surface area contributed by atoms with Crippen LogP contribution < -0.4 is 0 Å². The quantitative estimate of drug-likeness (QED) is 0.531. The molecule has 0 radical (unpaired) electrons. The van der Waals surface area contributed by atoms with Crippen molar-refractivity contribution in [2.45, 2.75) is 6.42 Å². The van der Waals surface area contributed by atoms with Crippen molar-refractivity contribution in [1.82, 2.24) is 0 Å². The standard InChI is InChI=1S/C12H10O2/c13-8-1-2-9(14)11-10(8)7-5-6-3-4-12(6,7)11/h1-4,6-7,10-11H,5H2/t6-,7+,10+,11+,12+/m1/s1. The molecule has 5 atom stereocenters. The molecule has 0 bridgehead atoms. The van der Waals surface area contributed by atoms with Crippen molar-refractivity contribution >= 4 is 11.6 Å². The molecule has 0 aliphatic heterocycles. The number of allylic oxidation sites excluding steroid dienone is 4. The highest BCUT2D eigenvalue weighted by molar-refractivity contribution is 6.10. The minimum atomic E-state index is 0.00810. The van der Waals surface area contributed by atoms with E-state index >= 15 is 0 Å². The van der Waals surface area contributed by atoms with Crippen LogP contribution in [0.3, 0.4) is 0 Å². The fraction of sp³-hybridized carbons (Fsp3) is 0.500. The Kier molecular flexibility index (Phi) is 0.914. The van der Waals surface area contributed by atoms with Crippen molar-refractivity contribution in [3.8, 4) is 0 Å². The molecule has 0 N–H and O–H groups in total. The van der Waals surface area contributed by atoms with Gasteiger partial charge in [-0.1, -0.05) is 12.2 Å². The first-order chi connectivity index (χ1) is 6.75. The molecule has 70 valence electrons. The molecule has 14 heavy (non-hydrogen) atoms. The Balaban J connectivity index is 1.85. The van der Waals surface area contributed by atoms with Gasteiger partial charge in [0.25, 0.3) is 0 Å². The van der Waals surface area contributed by atoms with Crippen LogP contribution in [0.2, 0.25) is 0 Å². The lowest BCUT2D eigenvalue weighted by Gasteiger charge is -2.74. The maximum atomic E-state index is 11.7. The number of carbonyl (C=O) groups is 2. The minimum absolute atomic E-state index is 0.00810. The van der Waals surface area contributed by atoms with Crippen LogP contribution in [-0.4, -0.2) is 11.6 Å². The Morgan fingerprint density at radius 2 is 2.00 bits per heavy atom. The van der Waals surface area contributed by atoms with Crippen LogP contribution in [0, 0.1) is 29.1 Å². The highest BCUT2D eigenvalue weighted by Crippen LogP contribution is 2.76. The molecule has 2 saturated carbocycles. The summed E-state index contributed by atoms with van der Waals surface area (Å²) in [7, 11) is 0. The number of hydrogen-bond acceptors (Lipinski definition) is 2. The first-order valence-corrected chi connectivity index (χ1v) is 5.20. The summed E-state index contributed by atoms with van der Waals surface area (Å²) < 4.78 is 0. The van der Waals surface area contributed by atoms with E-state index in [4.69, 9.17) is 0 Å². The SMILES string of the molecule is O=C1C=CC(=O)[C@H]2[C@H]1[C@@H]1C[C@H]3C=C[C@]312. The van der Waals surface area contributed by atoms with Gasteiger partial charge in [-0.05, 0) is 30.4 Å². The largest absolute Gasteiger partial charge is 0.295 e. The van der Waals surface area contributed by atoms with E-state index in [0.717, 1.165) is 6.42 Å². The van der Waals surface area contributed by atoms with Crippen molar-refractivity contribution < 1.29 is 9.59 Å². The summed E-state index contributed by atoms with van der Waals surface area (Å²) in [5.41, 5.74) is 0.141. The van der Waals surface area contributed by atoms with Gasteiger partial charge >= 0.3 is 0 Å². The van der Waals surface area contributed by atoms with Crippen molar-refractivity contribution in [2.75, 3.05) is 0 Å². The summed E-state index contributed by atoms with van der Waals surface area (Å²) in [5.74, 6) is 1.51. The Hall–Kier alpha value is -1.18. The highest BCUT2D eigenvalue weighted by atomic mass is 16.1. The molecule has 4 aliphatic rings. The van der Waals surface area contributed by atoms with E-state index in [2.05, 4.69) is 12.2 Å². The van der Waals surface area contributed by atoms with Gasteiger partial charge in [-0.2, -0.15) is 0 Å². The molecule has 2 heteroatoms. The number of carbonyl (C=O) groups excluding carboxylic acids is 2. The zero-order valence-corrected chi connectivity index (χ0v) is 7.64. The third-order valence-electron chi connectivity index (χ3n) is 4.79. The van der Waals surface area contributed by atoms with Gasteiger partial charge in [0.15, 0.2) is 11.6 Å². The molecule has 0 amide bonds. The first kappa shape index (κ1) is 7.16.